The Bertz CT molecular complexity index is 894. The van der Waals surface area contributed by atoms with Crippen molar-refractivity contribution in [3.8, 4) is 11.6 Å². The Kier molecular flexibility index (Phi) is 5.60. The number of aromatic nitrogens is 2. The Balaban J connectivity index is 1.63. The second-order valence-electron chi connectivity index (χ2n) is 5.34. The van der Waals surface area contributed by atoms with Crippen LogP contribution in [0.2, 0.25) is 5.02 Å². The molecule has 134 valence electrons. The fourth-order valence-corrected chi connectivity index (χ4v) is 2.25. The van der Waals surface area contributed by atoms with E-state index >= 15 is 0 Å². The minimum atomic E-state index is -0.980. The normalized spacial score (nSPS) is 11.8. The zero-order chi connectivity index (χ0) is 18.5. The van der Waals surface area contributed by atoms with Gasteiger partial charge >= 0.3 is 0 Å². The van der Waals surface area contributed by atoms with Crippen LogP contribution in [-0.4, -0.2) is 21.6 Å². The van der Waals surface area contributed by atoms with Crippen molar-refractivity contribution in [2.45, 2.75) is 6.10 Å². The molecule has 2 N–H and O–H groups in total. The van der Waals surface area contributed by atoms with Crippen molar-refractivity contribution in [2.75, 3.05) is 11.9 Å². The van der Waals surface area contributed by atoms with Gasteiger partial charge < -0.3 is 15.2 Å². The molecule has 0 amide bonds. The molecule has 0 aliphatic rings. The summed E-state index contributed by atoms with van der Waals surface area (Å²) in [5, 5.41) is 13.0. The van der Waals surface area contributed by atoms with Crippen molar-refractivity contribution in [1.29, 1.82) is 0 Å². The van der Waals surface area contributed by atoms with Crippen LogP contribution in [0.15, 0.2) is 54.7 Å². The number of aliphatic hydroxyl groups is 1. The van der Waals surface area contributed by atoms with Crippen LogP contribution in [0.25, 0.3) is 0 Å². The number of halogens is 3. The minimum Gasteiger partial charge on any atom is -0.439 e. The summed E-state index contributed by atoms with van der Waals surface area (Å²) in [5.41, 5.74) is 0.373. The van der Waals surface area contributed by atoms with Gasteiger partial charge in [-0.05, 0) is 42.0 Å². The molecule has 0 bridgehead atoms. The van der Waals surface area contributed by atoms with E-state index in [-0.39, 0.29) is 29.2 Å². The summed E-state index contributed by atoms with van der Waals surface area (Å²) in [6, 6.07) is 11.1. The highest BCUT2D eigenvalue weighted by atomic mass is 35.5. The zero-order valence-corrected chi connectivity index (χ0v) is 14.1. The van der Waals surface area contributed by atoms with Crippen LogP contribution < -0.4 is 10.1 Å². The lowest BCUT2D eigenvalue weighted by atomic mass is 10.1. The SMILES string of the molecule is OC(CNc1nccc(Oc2ccc(F)cc2)n1)c1ccc(Cl)c(F)c1. The molecule has 2 aromatic carbocycles. The van der Waals surface area contributed by atoms with Crippen LogP contribution in [0, 0.1) is 11.6 Å². The molecule has 1 heterocycles. The Morgan fingerprint density at radius 3 is 2.62 bits per heavy atom. The largest absolute Gasteiger partial charge is 0.439 e. The number of anilines is 1. The molecule has 5 nitrogen and oxygen atoms in total. The van der Waals surface area contributed by atoms with Gasteiger partial charge in [-0.2, -0.15) is 4.98 Å². The Morgan fingerprint density at radius 1 is 1.12 bits per heavy atom. The number of rotatable bonds is 6. The van der Waals surface area contributed by atoms with Crippen molar-refractivity contribution in [2.24, 2.45) is 0 Å². The van der Waals surface area contributed by atoms with Crippen molar-refractivity contribution in [3.05, 3.63) is 76.9 Å². The number of hydrogen-bond acceptors (Lipinski definition) is 5. The number of benzene rings is 2. The summed E-state index contributed by atoms with van der Waals surface area (Å²) >= 11 is 5.62. The van der Waals surface area contributed by atoms with Gasteiger partial charge in [-0.25, -0.2) is 13.8 Å². The molecule has 3 aromatic rings. The van der Waals surface area contributed by atoms with Crippen LogP contribution in [-0.2, 0) is 0 Å². The third kappa shape index (κ3) is 4.65. The molecule has 3 rings (SSSR count). The molecular formula is C18H14ClF2N3O2. The quantitative estimate of drug-likeness (QED) is 0.668. The highest BCUT2D eigenvalue weighted by molar-refractivity contribution is 6.30. The average Bonchev–Trinajstić information content (AvgIpc) is 2.64. The summed E-state index contributed by atoms with van der Waals surface area (Å²) < 4.78 is 31.9. The smallest absolute Gasteiger partial charge is 0.226 e. The summed E-state index contributed by atoms with van der Waals surface area (Å²) in [6.07, 6.45) is 0.495. The summed E-state index contributed by atoms with van der Waals surface area (Å²) in [7, 11) is 0. The van der Waals surface area contributed by atoms with Crippen LogP contribution in [0.4, 0.5) is 14.7 Å². The second kappa shape index (κ2) is 8.07. The summed E-state index contributed by atoms with van der Waals surface area (Å²) in [4.78, 5) is 8.17. The van der Waals surface area contributed by atoms with E-state index in [2.05, 4.69) is 15.3 Å². The predicted molar refractivity (Wildman–Crippen MR) is 93.4 cm³/mol. The van der Waals surface area contributed by atoms with Gasteiger partial charge in [-0.1, -0.05) is 17.7 Å². The third-order valence-corrected chi connectivity index (χ3v) is 3.75. The van der Waals surface area contributed by atoms with E-state index in [1.54, 1.807) is 6.07 Å². The van der Waals surface area contributed by atoms with E-state index in [1.165, 1.54) is 48.7 Å². The highest BCUT2D eigenvalue weighted by Gasteiger charge is 2.11. The second-order valence-corrected chi connectivity index (χ2v) is 5.75. The van der Waals surface area contributed by atoms with Gasteiger partial charge in [0, 0.05) is 18.8 Å². The number of nitrogens with zero attached hydrogens (tertiary/aromatic N) is 2. The predicted octanol–water partition coefficient (Wildman–Crippen LogP) is 4.35. The van der Waals surface area contributed by atoms with Gasteiger partial charge in [0.1, 0.15) is 17.4 Å². The molecule has 0 aliphatic carbocycles. The monoisotopic (exact) mass is 377 g/mol. The number of ether oxygens (including phenoxy) is 1. The summed E-state index contributed by atoms with van der Waals surface area (Å²) in [5.74, 6) is -0.0730. The van der Waals surface area contributed by atoms with Crippen molar-refractivity contribution in [3.63, 3.8) is 0 Å². The molecule has 1 aromatic heterocycles. The molecule has 0 spiro atoms. The molecular weight excluding hydrogens is 364 g/mol. The number of aliphatic hydroxyl groups excluding tert-OH is 1. The van der Waals surface area contributed by atoms with E-state index in [4.69, 9.17) is 16.3 Å². The molecule has 8 heteroatoms. The van der Waals surface area contributed by atoms with Gasteiger partial charge in [0.25, 0.3) is 0 Å². The van der Waals surface area contributed by atoms with Gasteiger partial charge in [-0.3, -0.25) is 0 Å². The van der Waals surface area contributed by atoms with Crippen LogP contribution in [0.5, 0.6) is 11.6 Å². The first-order valence-corrected chi connectivity index (χ1v) is 8.02. The minimum absolute atomic E-state index is 0.0112. The van der Waals surface area contributed by atoms with Gasteiger partial charge in [0.2, 0.25) is 11.8 Å². The van der Waals surface area contributed by atoms with Gasteiger partial charge in [0.15, 0.2) is 0 Å². The fourth-order valence-electron chi connectivity index (χ4n) is 2.13. The molecule has 0 saturated carbocycles. The first kappa shape index (κ1) is 18.0. The molecule has 1 unspecified atom stereocenters. The molecule has 0 fully saturated rings. The van der Waals surface area contributed by atoms with Crippen LogP contribution in [0.1, 0.15) is 11.7 Å². The standard InChI is InChI=1S/C18H14ClF2N3O2/c19-14-6-1-11(9-15(14)21)16(25)10-23-18-22-8-7-17(24-18)26-13-4-2-12(20)3-5-13/h1-9,16,25H,10H2,(H,22,23,24). The molecule has 0 radical (unpaired) electrons. The molecule has 0 saturated heterocycles. The Hall–Kier alpha value is -2.77. The average molecular weight is 378 g/mol. The van der Waals surface area contributed by atoms with Crippen molar-refractivity contribution in [1.82, 2.24) is 9.97 Å². The molecule has 26 heavy (non-hydrogen) atoms. The van der Waals surface area contributed by atoms with E-state index in [0.717, 1.165) is 0 Å². The highest BCUT2D eigenvalue weighted by Crippen LogP contribution is 2.22. The lowest BCUT2D eigenvalue weighted by Crippen LogP contribution is -2.14. The van der Waals surface area contributed by atoms with Crippen LogP contribution >= 0.6 is 11.6 Å². The number of nitrogens with one attached hydrogen (secondary N) is 1. The van der Waals surface area contributed by atoms with E-state index in [9.17, 15) is 13.9 Å². The molecule has 1 atom stereocenters. The third-order valence-electron chi connectivity index (χ3n) is 3.45. The van der Waals surface area contributed by atoms with E-state index in [1.807, 2.05) is 0 Å². The first-order chi connectivity index (χ1) is 12.5. The van der Waals surface area contributed by atoms with Gasteiger partial charge in [-0.15, -0.1) is 0 Å². The maximum Gasteiger partial charge on any atom is 0.226 e. The Labute approximate surface area is 153 Å². The van der Waals surface area contributed by atoms with E-state index < -0.39 is 11.9 Å². The lowest BCUT2D eigenvalue weighted by molar-refractivity contribution is 0.191. The topological polar surface area (TPSA) is 67.3 Å². The van der Waals surface area contributed by atoms with Gasteiger partial charge in [0.05, 0.1) is 11.1 Å². The first-order valence-electron chi connectivity index (χ1n) is 7.64. The van der Waals surface area contributed by atoms with Crippen molar-refractivity contribution < 1.29 is 18.6 Å². The molecule has 0 aliphatic heterocycles. The van der Waals surface area contributed by atoms with Crippen molar-refractivity contribution >= 4 is 17.5 Å². The summed E-state index contributed by atoms with van der Waals surface area (Å²) in [6.45, 7) is 0.0566. The maximum absolute atomic E-state index is 13.5. The lowest BCUT2D eigenvalue weighted by Gasteiger charge is -2.13. The zero-order valence-electron chi connectivity index (χ0n) is 13.4. The number of hydrogen-bond donors (Lipinski definition) is 2. The Morgan fingerprint density at radius 2 is 1.88 bits per heavy atom. The maximum atomic E-state index is 13.5. The van der Waals surface area contributed by atoms with E-state index in [0.29, 0.717) is 11.3 Å². The van der Waals surface area contributed by atoms with Crippen LogP contribution in [0.3, 0.4) is 0 Å². The fraction of sp³-hybridized carbons (Fsp3) is 0.111.